The van der Waals surface area contributed by atoms with Gasteiger partial charge in [-0.05, 0) is 11.6 Å². The van der Waals surface area contributed by atoms with Gasteiger partial charge >= 0.3 is 0 Å². The van der Waals surface area contributed by atoms with Crippen molar-refractivity contribution < 1.29 is 9.66 Å². The summed E-state index contributed by atoms with van der Waals surface area (Å²) in [6.45, 7) is 1.95. The molecule has 0 radical (unpaired) electrons. The first-order valence-corrected chi connectivity index (χ1v) is 6.85. The molecule has 2 aromatic rings. The van der Waals surface area contributed by atoms with E-state index in [9.17, 15) is 10.1 Å². The Morgan fingerprint density at radius 1 is 1.14 bits per heavy atom. The highest BCUT2D eigenvalue weighted by molar-refractivity contribution is 5.41. The minimum absolute atomic E-state index is 0.129. The van der Waals surface area contributed by atoms with E-state index in [1.807, 2.05) is 24.3 Å². The molecular weight excluding hydrogens is 268 g/mol. The minimum atomic E-state index is -0.349. The molecule has 5 nitrogen and oxygen atoms in total. The van der Waals surface area contributed by atoms with Crippen LogP contribution in [0, 0.1) is 10.1 Å². The van der Waals surface area contributed by atoms with Crippen LogP contribution >= 0.6 is 0 Å². The largest absolute Gasteiger partial charge is 0.357 e. The highest BCUT2D eigenvalue weighted by atomic mass is 16.6. The summed E-state index contributed by atoms with van der Waals surface area (Å²) in [5, 5.41) is 11.1. The van der Waals surface area contributed by atoms with E-state index in [0.717, 1.165) is 6.54 Å². The van der Waals surface area contributed by atoms with E-state index in [0.29, 0.717) is 18.8 Å². The molecule has 21 heavy (non-hydrogen) atoms. The summed E-state index contributed by atoms with van der Waals surface area (Å²) < 4.78 is 5.74. The van der Waals surface area contributed by atoms with Crippen LogP contribution in [0.4, 0.5) is 5.69 Å². The summed E-state index contributed by atoms with van der Waals surface area (Å²) >= 11 is 0. The van der Waals surface area contributed by atoms with Crippen molar-refractivity contribution in [1.29, 1.82) is 0 Å². The van der Waals surface area contributed by atoms with Crippen LogP contribution in [0.3, 0.4) is 0 Å². The SMILES string of the molecule is O=[N+]([O-])c1ccccc1C1CN(Cc2ccccc2)CO1. The first-order chi connectivity index (χ1) is 10.2. The maximum Gasteiger partial charge on any atom is 0.275 e. The van der Waals surface area contributed by atoms with Crippen LogP contribution in [-0.4, -0.2) is 23.1 Å². The lowest BCUT2D eigenvalue weighted by molar-refractivity contribution is -0.386. The van der Waals surface area contributed by atoms with Crippen LogP contribution < -0.4 is 0 Å². The van der Waals surface area contributed by atoms with Crippen molar-refractivity contribution in [3.05, 3.63) is 75.8 Å². The first kappa shape index (κ1) is 13.7. The van der Waals surface area contributed by atoms with Crippen LogP contribution in [0.1, 0.15) is 17.2 Å². The zero-order chi connectivity index (χ0) is 14.7. The fourth-order valence-electron chi connectivity index (χ4n) is 2.60. The fraction of sp³-hybridized carbons (Fsp3) is 0.250. The Hall–Kier alpha value is -2.24. The number of benzene rings is 2. The van der Waals surface area contributed by atoms with E-state index in [1.165, 1.54) is 11.6 Å². The molecule has 0 bridgehead atoms. The van der Waals surface area contributed by atoms with E-state index in [1.54, 1.807) is 12.1 Å². The Balaban J connectivity index is 1.71. The molecule has 108 valence electrons. The average Bonchev–Trinajstić information content (AvgIpc) is 2.96. The van der Waals surface area contributed by atoms with Crippen molar-refractivity contribution >= 4 is 5.69 Å². The molecule has 0 aliphatic carbocycles. The molecule has 0 aromatic heterocycles. The number of nitro groups is 1. The molecule has 0 amide bonds. The van der Waals surface area contributed by atoms with E-state index < -0.39 is 0 Å². The molecule has 1 atom stereocenters. The van der Waals surface area contributed by atoms with Gasteiger partial charge in [-0.2, -0.15) is 0 Å². The molecule has 0 spiro atoms. The van der Waals surface area contributed by atoms with Gasteiger partial charge in [-0.1, -0.05) is 42.5 Å². The molecule has 5 heteroatoms. The van der Waals surface area contributed by atoms with E-state index in [4.69, 9.17) is 4.74 Å². The second kappa shape index (κ2) is 6.03. The van der Waals surface area contributed by atoms with Gasteiger partial charge < -0.3 is 4.74 Å². The smallest absolute Gasteiger partial charge is 0.275 e. The van der Waals surface area contributed by atoms with Gasteiger partial charge in [-0.25, -0.2) is 0 Å². The Kier molecular flexibility index (Phi) is 3.94. The molecular formula is C16H16N2O3. The molecule has 2 aromatic carbocycles. The topological polar surface area (TPSA) is 55.6 Å². The Morgan fingerprint density at radius 2 is 1.86 bits per heavy atom. The molecule has 0 saturated carbocycles. The van der Waals surface area contributed by atoms with Gasteiger partial charge in [-0.3, -0.25) is 15.0 Å². The summed E-state index contributed by atoms with van der Waals surface area (Å²) in [5.74, 6) is 0. The maximum atomic E-state index is 11.1. The fourth-order valence-corrected chi connectivity index (χ4v) is 2.60. The summed E-state index contributed by atoms with van der Waals surface area (Å²) in [5.41, 5.74) is 1.99. The molecule has 1 saturated heterocycles. The van der Waals surface area contributed by atoms with Crippen molar-refractivity contribution in [2.24, 2.45) is 0 Å². The Morgan fingerprint density at radius 3 is 2.62 bits per heavy atom. The number of rotatable bonds is 4. The number of nitrogens with zero attached hydrogens (tertiary/aromatic N) is 2. The molecule has 1 aliphatic heterocycles. The Labute approximate surface area is 122 Å². The lowest BCUT2D eigenvalue weighted by atomic mass is 10.1. The molecule has 1 aliphatic rings. The lowest BCUT2D eigenvalue weighted by Crippen LogP contribution is -2.19. The third kappa shape index (κ3) is 3.09. The predicted molar refractivity (Wildman–Crippen MR) is 78.6 cm³/mol. The average molecular weight is 284 g/mol. The summed E-state index contributed by atoms with van der Waals surface area (Å²) in [4.78, 5) is 12.9. The van der Waals surface area contributed by atoms with E-state index in [2.05, 4.69) is 17.0 Å². The zero-order valence-corrected chi connectivity index (χ0v) is 11.5. The number of para-hydroxylation sites is 1. The summed E-state index contributed by atoms with van der Waals surface area (Å²) in [6.07, 6.45) is -0.240. The van der Waals surface area contributed by atoms with Crippen molar-refractivity contribution in [3.8, 4) is 0 Å². The predicted octanol–water partition coefficient (Wildman–Crippen LogP) is 3.13. The highest BCUT2D eigenvalue weighted by Crippen LogP contribution is 2.31. The highest BCUT2D eigenvalue weighted by Gasteiger charge is 2.29. The van der Waals surface area contributed by atoms with Gasteiger partial charge in [0.25, 0.3) is 5.69 Å². The van der Waals surface area contributed by atoms with Crippen LogP contribution in [-0.2, 0) is 11.3 Å². The van der Waals surface area contributed by atoms with Crippen molar-refractivity contribution in [2.75, 3.05) is 13.3 Å². The third-order valence-electron chi connectivity index (χ3n) is 3.61. The molecule has 1 heterocycles. The number of nitro benzene ring substituents is 1. The quantitative estimate of drug-likeness (QED) is 0.639. The monoisotopic (exact) mass is 284 g/mol. The van der Waals surface area contributed by atoms with Gasteiger partial charge in [0.2, 0.25) is 0 Å². The molecule has 0 N–H and O–H groups in total. The Bertz CT molecular complexity index is 630. The summed E-state index contributed by atoms with van der Waals surface area (Å²) in [6, 6.07) is 16.9. The second-order valence-corrected chi connectivity index (χ2v) is 5.10. The summed E-state index contributed by atoms with van der Waals surface area (Å²) in [7, 11) is 0. The zero-order valence-electron chi connectivity index (χ0n) is 11.5. The lowest BCUT2D eigenvalue weighted by Gasteiger charge is -2.13. The standard InChI is InChI=1S/C16H16N2O3/c19-18(20)15-9-5-4-8-14(15)16-11-17(12-21-16)10-13-6-2-1-3-7-13/h1-9,16H,10-12H2. The van der Waals surface area contributed by atoms with Crippen LogP contribution in [0.15, 0.2) is 54.6 Å². The second-order valence-electron chi connectivity index (χ2n) is 5.10. The number of ether oxygens (including phenoxy) is 1. The third-order valence-corrected chi connectivity index (χ3v) is 3.61. The van der Waals surface area contributed by atoms with Crippen molar-refractivity contribution in [1.82, 2.24) is 4.90 Å². The number of hydrogen-bond acceptors (Lipinski definition) is 4. The number of hydrogen-bond donors (Lipinski definition) is 0. The van der Waals surface area contributed by atoms with Crippen molar-refractivity contribution in [3.63, 3.8) is 0 Å². The van der Waals surface area contributed by atoms with Crippen LogP contribution in [0.25, 0.3) is 0 Å². The molecule has 3 rings (SSSR count). The van der Waals surface area contributed by atoms with E-state index in [-0.39, 0.29) is 16.7 Å². The van der Waals surface area contributed by atoms with Crippen LogP contribution in [0.2, 0.25) is 0 Å². The van der Waals surface area contributed by atoms with Gasteiger partial charge in [0.1, 0.15) is 12.8 Å². The maximum absolute atomic E-state index is 11.1. The van der Waals surface area contributed by atoms with Crippen LogP contribution in [0.5, 0.6) is 0 Å². The van der Waals surface area contributed by atoms with Gasteiger partial charge in [0.05, 0.1) is 10.5 Å². The first-order valence-electron chi connectivity index (χ1n) is 6.85. The molecule has 1 unspecified atom stereocenters. The minimum Gasteiger partial charge on any atom is -0.357 e. The normalized spacial score (nSPS) is 18.8. The molecule has 1 fully saturated rings. The van der Waals surface area contributed by atoms with Gasteiger partial charge in [-0.15, -0.1) is 0 Å². The van der Waals surface area contributed by atoms with Crippen molar-refractivity contribution in [2.45, 2.75) is 12.6 Å². The van der Waals surface area contributed by atoms with E-state index >= 15 is 0 Å². The van der Waals surface area contributed by atoms with Gasteiger partial charge in [0.15, 0.2) is 0 Å². The van der Waals surface area contributed by atoms with Gasteiger partial charge in [0, 0.05) is 19.2 Å².